The molecule has 1 aliphatic heterocycles. The molecule has 0 N–H and O–H groups in total. The molecule has 1 atom stereocenters. The third-order valence-corrected chi connectivity index (χ3v) is 2.30. The second-order valence-electron chi connectivity index (χ2n) is 2.98. The van der Waals surface area contributed by atoms with Crippen molar-refractivity contribution in [1.82, 2.24) is 5.32 Å². The van der Waals surface area contributed by atoms with Crippen molar-refractivity contribution in [3.63, 3.8) is 0 Å². The molecule has 1 radical (unpaired) electrons. The number of allylic oxidation sites excluding steroid dienone is 3. The Bertz CT molecular complexity index is 179. The van der Waals surface area contributed by atoms with E-state index >= 15 is 0 Å². The lowest BCUT2D eigenvalue weighted by molar-refractivity contribution is 0.464. The van der Waals surface area contributed by atoms with Crippen molar-refractivity contribution in [3.05, 3.63) is 23.8 Å². The number of fused-ring (bicyclic) bond motifs is 1. The van der Waals surface area contributed by atoms with E-state index in [1.54, 1.807) is 5.57 Å². The number of rotatable bonds is 0. The standard InChI is InChI=1S/C9H12N/c1-2-4-9-7-10-6-5-8(9)3-1/h1-3,9H,4-7H2. The molecule has 10 heavy (non-hydrogen) atoms. The molecule has 1 saturated heterocycles. The Morgan fingerprint density at radius 3 is 3.40 bits per heavy atom. The van der Waals surface area contributed by atoms with E-state index in [1.165, 1.54) is 12.8 Å². The average molecular weight is 134 g/mol. The predicted molar refractivity (Wildman–Crippen MR) is 41.8 cm³/mol. The van der Waals surface area contributed by atoms with E-state index < -0.39 is 0 Å². The first-order valence-electron chi connectivity index (χ1n) is 3.95. The minimum atomic E-state index is 0.763. The van der Waals surface area contributed by atoms with Crippen LogP contribution in [0.5, 0.6) is 0 Å². The van der Waals surface area contributed by atoms with Gasteiger partial charge in [0.25, 0.3) is 0 Å². The van der Waals surface area contributed by atoms with E-state index in [1.807, 2.05) is 0 Å². The number of nitrogens with zero attached hydrogens (tertiary/aromatic N) is 1. The summed E-state index contributed by atoms with van der Waals surface area (Å²) in [6, 6.07) is 0. The summed E-state index contributed by atoms with van der Waals surface area (Å²) in [6.07, 6.45) is 9.11. The van der Waals surface area contributed by atoms with Crippen molar-refractivity contribution >= 4 is 0 Å². The number of piperidine rings is 1. The molecule has 0 aromatic carbocycles. The van der Waals surface area contributed by atoms with Crippen LogP contribution in [0.1, 0.15) is 12.8 Å². The van der Waals surface area contributed by atoms with E-state index in [9.17, 15) is 0 Å². The summed E-state index contributed by atoms with van der Waals surface area (Å²) in [5.74, 6) is 0.763. The van der Waals surface area contributed by atoms with E-state index in [4.69, 9.17) is 0 Å². The third-order valence-electron chi connectivity index (χ3n) is 2.30. The first-order chi connectivity index (χ1) is 4.97. The average Bonchev–Trinajstić information content (AvgIpc) is 2.05. The summed E-state index contributed by atoms with van der Waals surface area (Å²) in [4.78, 5) is 0. The van der Waals surface area contributed by atoms with Gasteiger partial charge in [-0.15, -0.1) is 0 Å². The van der Waals surface area contributed by atoms with E-state index in [0.29, 0.717) is 0 Å². The Balaban J connectivity index is 2.14. The lowest BCUT2D eigenvalue weighted by atomic mass is 9.87. The van der Waals surface area contributed by atoms with Crippen LogP contribution < -0.4 is 5.32 Å². The monoisotopic (exact) mass is 134 g/mol. The molecule has 53 valence electrons. The largest absolute Gasteiger partial charge is 0.241 e. The lowest BCUT2D eigenvalue weighted by Gasteiger charge is -2.25. The van der Waals surface area contributed by atoms with Crippen molar-refractivity contribution in [3.8, 4) is 0 Å². The molecule has 0 aromatic heterocycles. The summed E-state index contributed by atoms with van der Waals surface area (Å²) in [6.45, 7) is 2.12. The fourth-order valence-electron chi connectivity index (χ4n) is 1.66. The van der Waals surface area contributed by atoms with Crippen LogP contribution >= 0.6 is 0 Å². The van der Waals surface area contributed by atoms with Gasteiger partial charge in [0.1, 0.15) is 0 Å². The quantitative estimate of drug-likeness (QED) is 0.476. The molecule has 0 aromatic rings. The van der Waals surface area contributed by atoms with Gasteiger partial charge in [-0.2, -0.15) is 0 Å². The van der Waals surface area contributed by atoms with Gasteiger partial charge >= 0.3 is 0 Å². The van der Waals surface area contributed by atoms with Gasteiger partial charge in [0.15, 0.2) is 0 Å². The van der Waals surface area contributed by atoms with E-state index in [-0.39, 0.29) is 0 Å². The van der Waals surface area contributed by atoms with Crippen LogP contribution in [-0.2, 0) is 0 Å². The van der Waals surface area contributed by atoms with E-state index in [2.05, 4.69) is 23.5 Å². The van der Waals surface area contributed by atoms with Gasteiger partial charge in [0, 0.05) is 13.1 Å². The van der Waals surface area contributed by atoms with Crippen molar-refractivity contribution in [2.24, 2.45) is 5.92 Å². The van der Waals surface area contributed by atoms with Crippen LogP contribution in [0.4, 0.5) is 0 Å². The van der Waals surface area contributed by atoms with Gasteiger partial charge in [-0.25, -0.2) is 5.32 Å². The first kappa shape index (κ1) is 6.17. The van der Waals surface area contributed by atoms with Crippen LogP contribution in [0.3, 0.4) is 0 Å². The van der Waals surface area contributed by atoms with E-state index in [0.717, 1.165) is 19.0 Å². The maximum atomic E-state index is 4.39. The molecular weight excluding hydrogens is 122 g/mol. The molecule has 1 heterocycles. The van der Waals surface area contributed by atoms with Gasteiger partial charge in [0.2, 0.25) is 0 Å². The molecule has 2 aliphatic rings. The fourth-order valence-corrected chi connectivity index (χ4v) is 1.66. The Hall–Kier alpha value is -0.560. The molecule has 0 saturated carbocycles. The normalized spacial score (nSPS) is 31.2. The Morgan fingerprint density at radius 1 is 1.50 bits per heavy atom. The molecule has 2 rings (SSSR count). The first-order valence-corrected chi connectivity index (χ1v) is 3.95. The van der Waals surface area contributed by atoms with Crippen LogP contribution in [0.2, 0.25) is 0 Å². The van der Waals surface area contributed by atoms with Crippen molar-refractivity contribution < 1.29 is 0 Å². The highest BCUT2D eigenvalue weighted by Gasteiger charge is 2.18. The van der Waals surface area contributed by atoms with Crippen LogP contribution in [0.15, 0.2) is 23.8 Å². The highest BCUT2D eigenvalue weighted by Crippen LogP contribution is 2.25. The van der Waals surface area contributed by atoms with Crippen LogP contribution in [0, 0.1) is 5.92 Å². The Labute approximate surface area is 61.8 Å². The smallest absolute Gasteiger partial charge is 0.0202 e. The summed E-state index contributed by atoms with van der Waals surface area (Å²) in [5, 5.41) is 4.39. The number of hydrogen-bond donors (Lipinski definition) is 0. The SMILES string of the molecule is C1=CCC2C[N]CCC2=C1. The molecule has 1 fully saturated rings. The Morgan fingerprint density at radius 2 is 2.50 bits per heavy atom. The van der Waals surface area contributed by atoms with Crippen molar-refractivity contribution in [1.29, 1.82) is 0 Å². The second-order valence-corrected chi connectivity index (χ2v) is 2.98. The van der Waals surface area contributed by atoms with Crippen molar-refractivity contribution in [2.45, 2.75) is 12.8 Å². The predicted octanol–water partition coefficient (Wildman–Crippen LogP) is 1.50. The molecular formula is C9H12N. The summed E-state index contributed by atoms with van der Waals surface area (Å²) < 4.78 is 0. The molecule has 1 unspecified atom stereocenters. The molecule has 1 nitrogen and oxygen atoms in total. The fraction of sp³-hybridized carbons (Fsp3) is 0.556. The summed E-state index contributed by atoms with van der Waals surface area (Å²) in [5.41, 5.74) is 1.62. The van der Waals surface area contributed by atoms with Crippen molar-refractivity contribution in [2.75, 3.05) is 13.1 Å². The summed E-state index contributed by atoms with van der Waals surface area (Å²) in [7, 11) is 0. The maximum Gasteiger partial charge on any atom is 0.0202 e. The minimum absolute atomic E-state index is 0.763. The van der Waals surface area contributed by atoms with Gasteiger partial charge in [0.05, 0.1) is 0 Å². The molecule has 0 spiro atoms. The van der Waals surface area contributed by atoms with Crippen LogP contribution in [-0.4, -0.2) is 13.1 Å². The number of hydrogen-bond acceptors (Lipinski definition) is 0. The van der Waals surface area contributed by atoms with Gasteiger partial charge in [-0.3, -0.25) is 0 Å². The zero-order valence-electron chi connectivity index (χ0n) is 6.09. The van der Waals surface area contributed by atoms with Gasteiger partial charge in [-0.05, 0) is 18.8 Å². The molecule has 0 amide bonds. The Kier molecular flexibility index (Phi) is 1.60. The second kappa shape index (κ2) is 2.59. The lowest BCUT2D eigenvalue weighted by Crippen LogP contribution is -2.26. The highest BCUT2D eigenvalue weighted by molar-refractivity contribution is 5.22. The third kappa shape index (κ3) is 1.01. The molecule has 0 bridgehead atoms. The highest BCUT2D eigenvalue weighted by atomic mass is 14.9. The molecule has 1 heteroatoms. The summed E-state index contributed by atoms with van der Waals surface area (Å²) >= 11 is 0. The zero-order valence-corrected chi connectivity index (χ0v) is 6.09. The zero-order chi connectivity index (χ0) is 6.81. The van der Waals surface area contributed by atoms with Crippen LogP contribution in [0.25, 0.3) is 0 Å². The van der Waals surface area contributed by atoms with Gasteiger partial charge < -0.3 is 0 Å². The topological polar surface area (TPSA) is 14.1 Å². The van der Waals surface area contributed by atoms with Gasteiger partial charge in [-0.1, -0.05) is 23.8 Å². The maximum absolute atomic E-state index is 4.39. The molecule has 1 aliphatic carbocycles. The minimum Gasteiger partial charge on any atom is -0.241 e.